The molecule has 0 aromatic heterocycles. The van der Waals surface area contributed by atoms with Crippen molar-refractivity contribution in [2.75, 3.05) is 11.9 Å². The van der Waals surface area contributed by atoms with Crippen LogP contribution in [-0.4, -0.2) is 35.6 Å². The van der Waals surface area contributed by atoms with Crippen molar-refractivity contribution in [3.63, 3.8) is 0 Å². The van der Waals surface area contributed by atoms with Crippen molar-refractivity contribution >= 4 is 35.2 Å². The number of halogens is 1. The molecule has 4 N–H and O–H groups in total. The molecule has 0 unspecified atom stereocenters. The summed E-state index contributed by atoms with van der Waals surface area (Å²) in [5.74, 6) is -1.41. The number of anilines is 1. The summed E-state index contributed by atoms with van der Waals surface area (Å²) in [6.07, 6.45) is 1.94. The molecular weight excluding hydrogens is 298 g/mol. The molecule has 1 fully saturated rings. The Hall–Kier alpha value is -2.28. The molecule has 0 aliphatic heterocycles. The number of carboxylic acids is 1. The Kier molecular flexibility index (Phi) is 4.64. The van der Waals surface area contributed by atoms with Gasteiger partial charge in [0.2, 0.25) is 5.91 Å². The van der Waals surface area contributed by atoms with E-state index in [2.05, 4.69) is 16.0 Å². The van der Waals surface area contributed by atoms with E-state index in [1.54, 1.807) is 0 Å². The van der Waals surface area contributed by atoms with Crippen molar-refractivity contribution in [3.05, 3.63) is 28.8 Å². The Labute approximate surface area is 125 Å². The van der Waals surface area contributed by atoms with Gasteiger partial charge in [-0.1, -0.05) is 11.6 Å². The highest BCUT2D eigenvalue weighted by molar-refractivity contribution is 6.31. The van der Waals surface area contributed by atoms with Crippen LogP contribution >= 0.6 is 11.6 Å². The van der Waals surface area contributed by atoms with Crippen LogP contribution in [0.25, 0.3) is 0 Å². The molecule has 0 bridgehead atoms. The highest BCUT2D eigenvalue weighted by Gasteiger charge is 2.23. The first kappa shape index (κ1) is 15.1. The lowest BCUT2D eigenvalue weighted by Crippen LogP contribution is -2.39. The number of urea groups is 1. The largest absolute Gasteiger partial charge is 0.478 e. The maximum absolute atomic E-state index is 11.6. The minimum Gasteiger partial charge on any atom is -0.478 e. The van der Waals surface area contributed by atoms with E-state index in [4.69, 9.17) is 16.7 Å². The van der Waals surface area contributed by atoms with E-state index in [0.717, 1.165) is 12.8 Å². The number of carbonyl (C=O) groups excluding carboxylic acids is 2. The van der Waals surface area contributed by atoms with Crippen LogP contribution in [0.2, 0.25) is 5.02 Å². The average Bonchev–Trinajstić information content (AvgIpc) is 3.19. The van der Waals surface area contributed by atoms with Crippen molar-refractivity contribution in [3.8, 4) is 0 Å². The highest BCUT2D eigenvalue weighted by Crippen LogP contribution is 2.19. The summed E-state index contributed by atoms with van der Waals surface area (Å²) in [5.41, 5.74) is 0.198. The van der Waals surface area contributed by atoms with Crippen LogP contribution in [0, 0.1) is 0 Å². The normalized spacial score (nSPS) is 13.4. The minimum absolute atomic E-state index is 0.0377. The molecule has 7 nitrogen and oxygen atoms in total. The molecule has 0 radical (unpaired) electrons. The molecule has 1 saturated carbocycles. The van der Waals surface area contributed by atoms with Gasteiger partial charge in [-0.05, 0) is 31.0 Å². The first-order valence-electron chi connectivity index (χ1n) is 6.32. The predicted octanol–water partition coefficient (Wildman–Crippen LogP) is 1.44. The lowest BCUT2D eigenvalue weighted by atomic mass is 10.2. The molecule has 21 heavy (non-hydrogen) atoms. The van der Waals surface area contributed by atoms with Crippen LogP contribution in [0.5, 0.6) is 0 Å². The standard InChI is InChI=1S/C13H14ClN3O4/c14-8-3-7(12(19)20)4-10(5-8)17-13(21)15-6-11(18)16-9-1-2-9/h3-5,9H,1-2,6H2,(H,16,18)(H,19,20)(H2,15,17,21). The van der Waals surface area contributed by atoms with Gasteiger partial charge in [0, 0.05) is 16.8 Å². The van der Waals surface area contributed by atoms with Crippen LogP contribution in [-0.2, 0) is 4.79 Å². The van der Waals surface area contributed by atoms with E-state index >= 15 is 0 Å². The molecule has 2 rings (SSSR count). The molecule has 0 spiro atoms. The minimum atomic E-state index is -1.15. The zero-order valence-corrected chi connectivity index (χ0v) is 11.7. The smallest absolute Gasteiger partial charge is 0.335 e. The van der Waals surface area contributed by atoms with E-state index in [9.17, 15) is 14.4 Å². The zero-order chi connectivity index (χ0) is 15.4. The SMILES string of the molecule is O=C(CNC(=O)Nc1cc(Cl)cc(C(=O)O)c1)NC1CC1. The molecule has 8 heteroatoms. The Morgan fingerprint density at radius 1 is 1.24 bits per heavy atom. The summed E-state index contributed by atoms with van der Waals surface area (Å²) >= 11 is 5.77. The lowest BCUT2D eigenvalue weighted by Gasteiger charge is -2.09. The second kappa shape index (κ2) is 6.45. The van der Waals surface area contributed by atoms with Gasteiger partial charge in [-0.25, -0.2) is 9.59 Å². The third-order valence-electron chi connectivity index (χ3n) is 2.75. The zero-order valence-electron chi connectivity index (χ0n) is 11.0. The average molecular weight is 312 g/mol. The molecule has 112 valence electrons. The summed E-state index contributed by atoms with van der Waals surface area (Å²) in [6, 6.07) is 3.58. The fourth-order valence-corrected chi connectivity index (χ4v) is 1.86. The van der Waals surface area contributed by atoms with E-state index in [1.807, 2.05) is 0 Å². The van der Waals surface area contributed by atoms with Crippen molar-refractivity contribution < 1.29 is 19.5 Å². The second-order valence-corrected chi connectivity index (χ2v) is 5.12. The van der Waals surface area contributed by atoms with Crippen LogP contribution < -0.4 is 16.0 Å². The van der Waals surface area contributed by atoms with Gasteiger partial charge in [0.15, 0.2) is 0 Å². The van der Waals surface area contributed by atoms with E-state index in [0.29, 0.717) is 0 Å². The fourth-order valence-electron chi connectivity index (χ4n) is 1.63. The predicted molar refractivity (Wildman–Crippen MR) is 76.6 cm³/mol. The van der Waals surface area contributed by atoms with Crippen molar-refractivity contribution in [2.45, 2.75) is 18.9 Å². The first-order chi connectivity index (χ1) is 9.94. The topological polar surface area (TPSA) is 108 Å². The molecule has 1 aliphatic carbocycles. The number of carbonyl (C=O) groups is 3. The number of benzene rings is 1. The molecule has 0 atom stereocenters. The van der Waals surface area contributed by atoms with Gasteiger partial charge >= 0.3 is 12.0 Å². The molecule has 1 aromatic carbocycles. The van der Waals surface area contributed by atoms with Gasteiger partial charge in [-0.2, -0.15) is 0 Å². The van der Waals surface area contributed by atoms with Gasteiger partial charge < -0.3 is 21.1 Å². The fraction of sp³-hybridized carbons (Fsp3) is 0.308. The lowest BCUT2D eigenvalue weighted by molar-refractivity contribution is -0.120. The maximum atomic E-state index is 11.6. The monoisotopic (exact) mass is 311 g/mol. The third kappa shape index (κ3) is 4.96. The van der Waals surface area contributed by atoms with Crippen LogP contribution in [0.3, 0.4) is 0 Å². The first-order valence-corrected chi connectivity index (χ1v) is 6.70. The number of hydrogen-bond donors (Lipinski definition) is 4. The van der Waals surface area contributed by atoms with Gasteiger partial charge in [0.05, 0.1) is 12.1 Å². The Bertz CT molecular complexity index is 587. The van der Waals surface area contributed by atoms with Gasteiger partial charge in [-0.15, -0.1) is 0 Å². The molecule has 1 aliphatic rings. The number of hydrogen-bond acceptors (Lipinski definition) is 3. The molecule has 3 amide bonds. The Balaban J connectivity index is 1.86. The van der Waals surface area contributed by atoms with Crippen molar-refractivity contribution in [2.24, 2.45) is 0 Å². The maximum Gasteiger partial charge on any atom is 0.335 e. The second-order valence-electron chi connectivity index (χ2n) is 4.68. The molecular formula is C13H14ClN3O4. The van der Waals surface area contributed by atoms with E-state index in [-0.39, 0.29) is 34.8 Å². The summed E-state index contributed by atoms with van der Waals surface area (Å²) in [7, 11) is 0. The molecule has 0 saturated heterocycles. The summed E-state index contributed by atoms with van der Waals surface area (Å²) in [4.78, 5) is 33.9. The van der Waals surface area contributed by atoms with E-state index < -0.39 is 12.0 Å². The van der Waals surface area contributed by atoms with Gasteiger partial charge in [0.1, 0.15) is 0 Å². The highest BCUT2D eigenvalue weighted by atomic mass is 35.5. The summed E-state index contributed by atoms with van der Waals surface area (Å²) in [6.45, 7) is -0.144. The van der Waals surface area contributed by atoms with Crippen molar-refractivity contribution in [1.29, 1.82) is 0 Å². The molecule has 1 aromatic rings. The van der Waals surface area contributed by atoms with Crippen LogP contribution in [0.1, 0.15) is 23.2 Å². The summed E-state index contributed by atoms with van der Waals surface area (Å²) < 4.78 is 0. The molecule has 0 heterocycles. The van der Waals surface area contributed by atoms with Crippen molar-refractivity contribution in [1.82, 2.24) is 10.6 Å². The number of aromatic carboxylic acids is 1. The number of rotatable bonds is 5. The summed E-state index contributed by atoms with van der Waals surface area (Å²) in [5, 5.41) is 16.6. The van der Waals surface area contributed by atoms with Gasteiger partial charge in [-0.3, -0.25) is 4.79 Å². The van der Waals surface area contributed by atoms with E-state index in [1.165, 1.54) is 18.2 Å². The van der Waals surface area contributed by atoms with Crippen LogP contribution in [0.4, 0.5) is 10.5 Å². The number of amides is 3. The van der Waals surface area contributed by atoms with Crippen LogP contribution in [0.15, 0.2) is 18.2 Å². The Morgan fingerprint density at radius 3 is 2.57 bits per heavy atom. The van der Waals surface area contributed by atoms with Gasteiger partial charge in [0.25, 0.3) is 0 Å². The number of nitrogens with one attached hydrogen (secondary N) is 3. The number of carboxylic acid groups (broad SMARTS) is 1. The quantitative estimate of drug-likeness (QED) is 0.660. The Morgan fingerprint density at radius 2 is 1.95 bits per heavy atom. The third-order valence-corrected chi connectivity index (χ3v) is 2.97.